The predicted octanol–water partition coefficient (Wildman–Crippen LogP) is 33.6. The fourth-order valence-electron chi connectivity index (χ4n) is 18.3. The van der Waals surface area contributed by atoms with E-state index < -0.39 is 0 Å². The lowest BCUT2D eigenvalue weighted by molar-refractivity contribution is 1.18. The second kappa shape index (κ2) is 32.0. The van der Waals surface area contributed by atoms with E-state index in [1.165, 1.54) is 144 Å². The lowest BCUT2D eigenvalue weighted by Crippen LogP contribution is -1.96. The molecule has 8 nitrogen and oxygen atoms in total. The fraction of sp³-hybridized carbons (Fsp3) is 0. The number of benzene rings is 15. The van der Waals surface area contributed by atoms with Crippen LogP contribution in [0.3, 0.4) is 0 Å². The van der Waals surface area contributed by atoms with Gasteiger partial charge < -0.3 is 13.7 Å². The third-order valence-corrected chi connectivity index (χ3v) is 31.9. The van der Waals surface area contributed by atoms with Gasteiger partial charge in [-0.1, -0.05) is 303 Å². The van der Waals surface area contributed by atoms with E-state index in [2.05, 4.69) is 402 Å². The van der Waals surface area contributed by atoms with E-state index in [-0.39, 0.29) is 0 Å². The van der Waals surface area contributed by atoms with Crippen LogP contribution >= 0.6 is 68.0 Å². The molecule has 27 rings (SSSR count). The molecule has 12 heterocycles. The predicted molar refractivity (Wildman–Crippen MR) is 553 cm³/mol. The van der Waals surface area contributed by atoms with Gasteiger partial charge in [-0.25, -0.2) is 24.9 Å². The second-order valence-corrected chi connectivity index (χ2v) is 38.2. The third-order valence-electron chi connectivity index (χ3n) is 24.3. The van der Waals surface area contributed by atoms with Crippen LogP contribution < -0.4 is 0 Å². The Morgan fingerprint density at radius 1 is 0.163 bits per heavy atom. The maximum atomic E-state index is 5.12. The van der Waals surface area contributed by atoms with Crippen molar-refractivity contribution in [2.24, 2.45) is 0 Å². The van der Waals surface area contributed by atoms with Crippen LogP contribution in [0.1, 0.15) is 0 Å². The molecule has 0 aliphatic carbocycles. The molecule has 129 heavy (non-hydrogen) atoms. The maximum Gasteiger partial charge on any atom is 0.160 e. The summed E-state index contributed by atoms with van der Waals surface area (Å²) in [5, 5.41) is 11.8. The van der Waals surface area contributed by atoms with Gasteiger partial charge in [0.15, 0.2) is 11.6 Å². The summed E-state index contributed by atoms with van der Waals surface area (Å²) in [6.45, 7) is 0. The topological polar surface area (TPSA) is 79.2 Å². The van der Waals surface area contributed by atoms with Crippen molar-refractivity contribution in [3.8, 4) is 119 Å². The summed E-state index contributed by atoms with van der Waals surface area (Å²) >= 11 is 11.4. The Balaban J connectivity index is 0.000000105. The number of thiophene rings is 6. The van der Waals surface area contributed by atoms with Gasteiger partial charge in [0.2, 0.25) is 0 Å². The minimum Gasteiger partial charge on any atom is -0.301 e. The molecule has 0 amide bonds. The average Bonchev–Trinajstić information content (AvgIpc) is 1.56. The Bertz CT molecular complexity index is 7960. The molecule has 0 saturated carbocycles. The molecule has 0 spiro atoms. The van der Waals surface area contributed by atoms with Gasteiger partial charge in [-0.15, -0.1) is 68.0 Å². The minimum atomic E-state index is 0.727. The van der Waals surface area contributed by atoms with Crippen molar-refractivity contribution in [3.63, 3.8) is 0 Å². The lowest BCUT2D eigenvalue weighted by atomic mass is 9.98. The van der Waals surface area contributed by atoms with Crippen molar-refractivity contribution in [2.75, 3.05) is 0 Å². The molecule has 14 heteroatoms. The summed E-state index contributed by atoms with van der Waals surface area (Å²) in [5.41, 5.74) is 23.7. The molecule has 15 aromatic carbocycles. The first kappa shape index (κ1) is 76.2. The van der Waals surface area contributed by atoms with E-state index in [1.54, 1.807) is 0 Å². The molecule has 0 bridgehead atoms. The monoisotopic (exact) mass is 1750 g/mol. The summed E-state index contributed by atoms with van der Waals surface area (Å²) in [6.07, 6.45) is 0. The molecule has 606 valence electrons. The Morgan fingerprint density at radius 2 is 0.419 bits per heavy atom. The second-order valence-electron chi connectivity index (χ2n) is 32.1. The quantitative estimate of drug-likeness (QED) is 0.122. The molecule has 0 aliphatic rings. The highest BCUT2D eigenvalue weighted by molar-refractivity contribution is 7.38. The highest BCUT2D eigenvalue weighted by Gasteiger charge is 2.27. The van der Waals surface area contributed by atoms with Gasteiger partial charge in [0.25, 0.3) is 0 Å². The summed E-state index contributed by atoms with van der Waals surface area (Å²) in [4.78, 5) is 29.3. The molecular weight excluding hydrogens is 1690 g/mol. The van der Waals surface area contributed by atoms with Crippen LogP contribution in [-0.2, 0) is 0 Å². The van der Waals surface area contributed by atoms with Gasteiger partial charge in [0.05, 0.1) is 78.9 Å². The zero-order chi connectivity index (χ0) is 85.0. The number of para-hydroxylation sites is 3. The highest BCUT2D eigenvalue weighted by atomic mass is 32.1. The van der Waals surface area contributed by atoms with E-state index in [0.717, 1.165) is 95.9 Å². The van der Waals surface area contributed by atoms with E-state index in [9.17, 15) is 0 Å². The zero-order valence-electron chi connectivity index (χ0n) is 68.9. The van der Waals surface area contributed by atoms with E-state index in [1.807, 2.05) is 104 Å². The van der Waals surface area contributed by atoms with Crippen molar-refractivity contribution in [2.45, 2.75) is 0 Å². The molecule has 12 aromatic heterocycles. The summed E-state index contributed by atoms with van der Waals surface area (Å²) in [7, 11) is 0. The van der Waals surface area contributed by atoms with Gasteiger partial charge in [-0.05, 0) is 132 Å². The van der Waals surface area contributed by atoms with E-state index in [4.69, 9.17) is 24.9 Å². The van der Waals surface area contributed by atoms with Crippen molar-refractivity contribution in [3.05, 3.63) is 425 Å². The SMILES string of the molecule is c1ccc(-c2cc(-c3ccc4c(c3)c3c5sc6ccccc6c5sc3n4-c3ccccc3)cc(-c3ccccc3)n2)cc1.c1ccc(-c2cc(-c3ccc4c(c3)c3c5sc6ccccc6c5sc3n4-c3ccccc3)nc(-c3ccccc3)n2)cc1.c1ccc(-c2cc(-c3ccccc3)nc(-c3ccc4c(c3)c3c5sc6ccccc6c5sc3n4-c3ccccc3)n2)cc1. The lowest BCUT2D eigenvalue weighted by Gasteiger charge is -2.11. The maximum absolute atomic E-state index is 5.12. The van der Waals surface area contributed by atoms with Crippen molar-refractivity contribution >= 4 is 190 Å². The first-order valence-electron chi connectivity index (χ1n) is 42.9. The smallest absolute Gasteiger partial charge is 0.160 e. The van der Waals surface area contributed by atoms with Gasteiger partial charge in [0, 0.05) is 124 Å². The van der Waals surface area contributed by atoms with E-state index >= 15 is 0 Å². The third kappa shape index (κ3) is 13.4. The molecule has 0 aliphatic heterocycles. The number of pyridine rings is 1. The van der Waals surface area contributed by atoms with Crippen LogP contribution in [0.4, 0.5) is 0 Å². The fourth-order valence-corrected chi connectivity index (χ4v) is 26.7. The number of aromatic nitrogens is 8. The number of nitrogens with zero attached hydrogens (tertiary/aromatic N) is 8. The Morgan fingerprint density at radius 3 is 0.760 bits per heavy atom. The van der Waals surface area contributed by atoms with Gasteiger partial charge in [0.1, 0.15) is 14.5 Å². The average molecular weight is 1760 g/mol. The summed E-state index contributed by atoms with van der Waals surface area (Å²) in [6, 6.07) is 150. The molecule has 0 unspecified atom stereocenters. The first-order valence-corrected chi connectivity index (χ1v) is 47.8. The van der Waals surface area contributed by atoms with E-state index in [0.29, 0.717) is 0 Å². The number of fused-ring (bicyclic) bond motifs is 21. The van der Waals surface area contributed by atoms with Crippen molar-refractivity contribution in [1.82, 2.24) is 38.6 Å². The zero-order valence-corrected chi connectivity index (χ0v) is 73.8. The van der Waals surface area contributed by atoms with Crippen LogP contribution in [0, 0.1) is 0 Å². The van der Waals surface area contributed by atoms with Crippen LogP contribution in [0.25, 0.3) is 240 Å². The minimum absolute atomic E-state index is 0.727. The normalized spacial score (nSPS) is 11.7. The Labute approximate surface area is 765 Å². The molecule has 0 radical (unpaired) electrons. The number of hydrogen-bond donors (Lipinski definition) is 0. The van der Waals surface area contributed by atoms with Crippen molar-refractivity contribution < 1.29 is 0 Å². The van der Waals surface area contributed by atoms with Gasteiger partial charge in [-0.3, -0.25) is 0 Å². The van der Waals surface area contributed by atoms with Crippen LogP contribution in [0.5, 0.6) is 0 Å². The Kier molecular flexibility index (Phi) is 18.9. The summed E-state index contributed by atoms with van der Waals surface area (Å²) < 4.78 is 19.5. The van der Waals surface area contributed by atoms with Crippen LogP contribution in [-0.4, -0.2) is 38.6 Å². The van der Waals surface area contributed by atoms with Crippen LogP contribution in [0.15, 0.2) is 425 Å². The molecule has 0 N–H and O–H groups in total. The first-order chi connectivity index (χ1) is 63.9. The molecule has 0 saturated heterocycles. The standard InChI is InChI=1S/C39H24N2S2.2C38H23N3S2/c1-4-12-25(13-5-1)32-23-28(24-33(40-32)26-14-6-2-7-15-26)27-20-21-34-31(22-27)36-38-37(30-18-10-11-19-35(30)42-38)43-39(36)41(34)29-16-8-3-9-17-29;1-4-12-24(13-5-1)30-23-31(40-37(39-30)25-14-6-2-7-15-25)26-20-21-32-29(22-26)34-36-35(28-18-10-11-19-33(28)42-36)43-38(34)41(32)27-16-8-3-9-17-27;1-4-12-24(13-5-1)30-23-31(25-14-6-2-7-15-25)40-37(39-30)26-20-21-32-29(22-26)34-36-35(28-18-10-11-19-33(28)42-36)43-38(34)41(32)27-16-8-3-9-17-27/h1-24H;2*1-23H. The summed E-state index contributed by atoms with van der Waals surface area (Å²) in [5.74, 6) is 1.46. The molecule has 0 fully saturated rings. The molecular formula is C115H70N8S6. The van der Waals surface area contributed by atoms with Crippen molar-refractivity contribution in [1.29, 1.82) is 0 Å². The number of rotatable bonds is 12. The highest BCUT2D eigenvalue weighted by Crippen LogP contribution is 2.54. The van der Waals surface area contributed by atoms with Gasteiger partial charge in [-0.2, -0.15) is 0 Å². The molecule has 0 atom stereocenters. The van der Waals surface area contributed by atoms with Crippen LogP contribution in [0.2, 0.25) is 0 Å². The largest absolute Gasteiger partial charge is 0.301 e. The van der Waals surface area contributed by atoms with Gasteiger partial charge >= 0.3 is 0 Å². The Hall–Kier alpha value is -15.2. The molecule has 27 aromatic rings. The number of hydrogen-bond acceptors (Lipinski definition) is 11.